The second kappa shape index (κ2) is 6.52. The molecule has 0 bridgehead atoms. The number of benzene rings is 1. The lowest BCUT2D eigenvalue weighted by atomic mass is 10.2. The summed E-state index contributed by atoms with van der Waals surface area (Å²) < 4.78 is 0. The van der Waals surface area contributed by atoms with Crippen molar-refractivity contribution in [1.29, 1.82) is 0 Å². The molecule has 0 aromatic heterocycles. The highest BCUT2D eigenvalue weighted by molar-refractivity contribution is 5.89. The summed E-state index contributed by atoms with van der Waals surface area (Å²) in [7, 11) is 0. The number of hydrogen-bond acceptors (Lipinski definition) is 3. The maximum absolute atomic E-state index is 10.9. The normalized spacial score (nSPS) is 9.71. The van der Waals surface area contributed by atoms with E-state index < -0.39 is 5.97 Å². The van der Waals surface area contributed by atoms with E-state index in [1.807, 2.05) is 18.2 Å². The van der Waals surface area contributed by atoms with Crippen molar-refractivity contribution in [3.63, 3.8) is 0 Å². The maximum atomic E-state index is 10.9. The van der Waals surface area contributed by atoms with Crippen molar-refractivity contribution in [3.8, 4) is 0 Å². The summed E-state index contributed by atoms with van der Waals surface area (Å²) in [6, 6.07) is 7.29. The van der Waals surface area contributed by atoms with Crippen LogP contribution in [0.3, 0.4) is 0 Å². The highest BCUT2D eigenvalue weighted by atomic mass is 16.4. The second-order valence-corrected chi connectivity index (χ2v) is 3.69. The summed E-state index contributed by atoms with van der Waals surface area (Å²) in [4.78, 5) is 21.2. The molecular weight excluding hydrogens is 220 g/mol. The van der Waals surface area contributed by atoms with E-state index in [-0.39, 0.29) is 12.3 Å². The predicted molar refractivity (Wildman–Crippen MR) is 66.1 cm³/mol. The van der Waals surface area contributed by atoms with Crippen LogP contribution in [-0.2, 0) is 9.59 Å². The fraction of sp³-hybridized carbons (Fsp3) is 0.333. The Hall–Kier alpha value is -2.04. The van der Waals surface area contributed by atoms with Crippen LogP contribution in [0, 0.1) is 0 Å². The molecule has 0 fully saturated rings. The summed E-state index contributed by atoms with van der Waals surface area (Å²) in [5.74, 6) is -0.910. The molecule has 1 aromatic rings. The molecule has 5 nitrogen and oxygen atoms in total. The summed E-state index contributed by atoms with van der Waals surface area (Å²) in [6.45, 7) is 2.04. The Balaban J connectivity index is 2.42. The van der Waals surface area contributed by atoms with E-state index in [2.05, 4.69) is 10.6 Å². The molecule has 0 aliphatic heterocycles. The lowest BCUT2D eigenvalue weighted by Crippen LogP contribution is -2.07. The van der Waals surface area contributed by atoms with Crippen LogP contribution in [0.2, 0.25) is 0 Å². The molecule has 0 aliphatic rings. The van der Waals surface area contributed by atoms with Gasteiger partial charge in [-0.05, 0) is 24.6 Å². The fourth-order valence-corrected chi connectivity index (χ4v) is 1.38. The minimum atomic E-state index is -0.793. The van der Waals surface area contributed by atoms with Gasteiger partial charge in [-0.25, -0.2) is 0 Å². The number of carboxylic acids is 1. The summed E-state index contributed by atoms with van der Waals surface area (Å²) >= 11 is 0. The Morgan fingerprint density at radius 3 is 2.65 bits per heavy atom. The minimum absolute atomic E-state index is 0.118. The number of carbonyl (C=O) groups is 2. The number of nitrogens with one attached hydrogen (secondary N) is 2. The van der Waals surface area contributed by atoms with E-state index in [1.165, 1.54) is 6.92 Å². The quantitative estimate of drug-likeness (QED) is 0.659. The van der Waals surface area contributed by atoms with Gasteiger partial charge >= 0.3 is 5.97 Å². The molecule has 0 unspecified atom stereocenters. The number of amides is 1. The minimum Gasteiger partial charge on any atom is -0.481 e. The monoisotopic (exact) mass is 236 g/mol. The molecule has 17 heavy (non-hydrogen) atoms. The van der Waals surface area contributed by atoms with Crippen LogP contribution in [0.4, 0.5) is 11.4 Å². The van der Waals surface area contributed by atoms with Gasteiger partial charge in [-0.3, -0.25) is 9.59 Å². The Kier molecular flexibility index (Phi) is 5.00. The van der Waals surface area contributed by atoms with Crippen molar-refractivity contribution >= 4 is 23.3 Å². The first kappa shape index (κ1) is 13.0. The number of carbonyl (C=O) groups excluding carboxylic acids is 1. The third-order valence-electron chi connectivity index (χ3n) is 2.08. The summed E-state index contributed by atoms with van der Waals surface area (Å²) in [5.41, 5.74) is 1.59. The van der Waals surface area contributed by atoms with Crippen molar-refractivity contribution in [2.45, 2.75) is 19.8 Å². The van der Waals surface area contributed by atoms with Gasteiger partial charge in [0.1, 0.15) is 0 Å². The highest BCUT2D eigenvalue weighted by Crippen LogP contribution is 2.14. The number of carboxylic acid groups (broad SMARTS) is 1. The molecule has 92 valence electrons. The number of rotatable bonds is 6. The number of anilines is 2. The Morgan fingerprint density at radius 2 is 2.00 bits per heavy atom. The molecule has 3 N–H and O–H groups in total. The first-order valence-electron chi connectivity index (χ1n) is 5.41. The van der Waals surface area contributed by atoms with Gasteiger partial charge in [-0.1, -0.05) is 6.07 Å². The first-order valence-corrected chi connectivity index (χ1v) is 5.41. The van der Waals surface area contributed by atoms with Crippen molar-refractivity contribution in [3.05, 3.63) is 24.3 Å². The van der Waals surface area contributed by atoms with Crippen LogP contribution in [0.5, 0.6) is 0 Å². The molecular formula is C12H16N2O3. The maximum Gasteiger partial charge on any atom is 0.303 e. The Bertz CT molecular complexity index is 404. The largest absolute Gasteiger partial charge is 0.481 e. The van der Waals surface area contributed by atoms with E-state index in [9.17, 15) is 9.59 Å². The van der Waals surface area contributed by atoms with Crippen LogP contribution in [0.1, 0.15) is 19.8 Å². The molecule has 0 spiro atoms. The molecule has 0 saturated carbocycles. The van der Waals surface area contributed by atoms with Crippen LogP contribution in [-0.4, -0.2) is 23.5 Å². The van der Waals surface area contributed by atoms with E-state index in [0.717, 1.165) is 11.4 Å². The predicted octanol–water partition coefficient (Wildman–Crippen LogP) is 1.92. The molecule has 0 aliphatic carbocycles. The lowest BCUT2D eigenvalue weighted by Gasteiger charge is -2.08. The van der Waals surface area contributed by atoms with Gasteiger partial charge in [-0.2, -0.15) is 0 Å². The van der Waals surface area contributed by atoms with Crippen LogP contribution < -0.4 is 10.6 Å². The molecule has 1 amide bonds. The summed E-state index contributed by atoms with van der Waals surface area (Å²) in [6.07, 6.45) is 0.720. The smallest absolute Gasteiger partial charge is 0.303 e. The van der Waals surface area contributed by atoms with Crippen molar-refractivity contribution in [2.75, 3.05) is 17.2 Å². The third kappa shape index (κ3) is 5.55. The Morgan fingerprint density at radius 1 is 1.29 bits per heavy atom. The first-order chi connectivity index (χ1) is 8.08. The average molecular weight is 236 g/mol. The van der Waals surface area contributed by atoms with Gasteiger partial charge in [0.05, 0.1) is 0 Å². The Labute approximate surface area is 99.8 Å². The summed E-state index contributed by atoms with van der Waals surface area (Å²) in [5, 5.41) is 14.3. The van der Waals surface area contributed by atoms with Gasteiger partial charge in [0.2, 0.25) is 5.91 Å². The zero-order chi connectivity index (χ0) is 12.7. The number of hydrogen-bond donors (Lipinski definition) is 3. The molecule has 0 atom stereocenters. The molecule has 0 heterocycles. The van der Waals surface area contributed by atoms with E-state index in [4.69, 9.17) is 5.11 Å². The highest BCUT2D eigenvalue weighted by Gasteiger charge is 1.99. The molecule has 0 saturated heterocycles. The fourth-order valence-electron chi connectivity index (χ4n) is 1.38. The third-order valence-corrected chi connectivity index (χ3v) is 2.08. The average Bonchev–Trinajstić information content (AvgIpc) is 2.24. The van der Waals surface area contributed by atoms with Crippen LogP contribution in [0.15, 0.2) is 24.3 Å². The zero-order valence-electron chi connectivity index (χ0n) is 9.69. The zero-order valence-corrected chi connectivity index (χ0v) is 9.69. The van der Waals surface area contributed by atoms with E-state index >= 15 is 0 Å². The van der Waals surface area contributed by atoms with Crippen molar-refractivity contribution in [1.82, 2.24) is 0 Å². The van der Waals surface area contributed by atoms with Gasteiger partial charge in [0.15, 0.2) is 0 Å². The van der Waals surface area contributed by atoms with Gasteiger partial charge in [0.25, 0.3) is 0 Å². The molecule has 5 heteroatoms. The van der Waals surface area contributed by atoms with E-state index in [1.54, 1.807) is 6.07 Å². The van der Waals surface area contributed by atoms with Crippen molar-refractivity contribution in [2.24, 2.45) is 0 Å². The standard InChI is InChI=1S/C12H16N2O3/c1-9(15)14-11-5-2-4-10(8-11)13-7-3-6-12(16)17/h2,4-5,8,13H,3,6-7H2,1H3,(H,14,15)(H,16,17). The van der Waals surface area contributed by atoms with Crippen molar-refractivity contribution < 1.29 is 14.7 Å². The van der Waals surface area contributed by atoms with Gasteiger partial charge in [-0.15, -0.1) is 0 Å². The van der Waals surface area contributed by atoms with E-state index in [0.29, 0.717) is 13.0 Å². The molecule has 1 rings (SSSR count). The topological polar surface area (TPSA) is 78.4 Å². The van der Waals surface area contributed by atoms with Crippen LogP contribution in [0.25, 0.3) is 0 Å². The number of aliphatic carboxylic acids is 1. The molecule has 1 aromatic carbocycles. The van der Waals surface area contributed by atoms with Gasteiger partial charge in [0, 0.05) is 31.3 Å². The van der Waals surface area contributed by atoms with Crippen LogP contribution >= 0.6 is 0 Å². The lowest BCUT2D eigenvalue weighted by molar-refractivity contribution is -0.137. The SMILES string of the molecule is CC(=O)Nc1cccc(NCCCC(=O)O)c1. The van der Waals surface area contributed by atoms with Gasteiger partial charge < -0.3 is 15.7 Å². The molecule has 0 radical (unpaired) electrons. The second-order valence-electron chi connectivity index (χ2n) is 3.69.